The van der Waals surface area contributed by atoms with Crippen molar-refractivity contribution in [1.29, 1.82) is 0 Å². The van der Waals surface area contributed by atoms with E-state index in [1.165, 1.54) is 16.3 Å². The van der Waals surface area contributed by atoms with Gasteiger partial charge in [-0.15, -0.1) is 0 Å². The largest absolute Gasteiger partial charge is 0.331 e. The summed E-state index contributed by atoms with van der Waals surface area (Å²) in [7, 11) is 0. The molecule has 32 heavy (non-hydrogen) atoms. The molecule has 5 rings (SSSR count). The molecule has 3 nitrogen and oxygen atoms in total. The third kappa shape index (κ3) is 4.44. The second kappa shape index (κ2) is 9.37. The molecule has 0 spiro atoms. The van der Waals surface area contributed by atoms with Crippen molar-refractivity contribution in [2.75, 3.05) is 26.2 Å². The molecule has 4 aromatic rings. The van der Waals surface area contributed by atoms with E-state index in [4.69, 9.17) is 0 Å². The second-order valence-corrected chi connectivity index (χ2v) is 8.69. The van der Waals surface area contributed by atoms with Gasteiger partial charge in [0.25, 0.3) is 0 Å². The predicted molar refractivity (Wildman–Crippen MR) is 130 cm³/mol. The van der Waals surface area contributed by atoms with E-state index in [1.54, 1.807) is 4.90 Å². The van der Waals surface area contributed by atoms with Crippen LogP contribution in [0.15, 0.2) is 103 Å². The molecule has 1 aliphatic heterocycles. The third-order valence-corrected chi connectivity index (χ3v) is 6.56. The van der Waals surface area contributed by atoms with Gasteiger partial charge in [0.2, 0.25) is 5.91 Å². The fourth-order valence-corrected chi connectivity index (χ4v) is 4.81. The van der Waals surface area contributed by atoms with Crippen LogP contribution in [-0.4, -0.2) is 37.0 Å². The van der Waals surface area contributed by atoms with E-state index >= 15 is 0 Å². The molecule has 160 valence electrons. The van der Waals surface area contributed by atoms with Crippen molar-refractivity contribution in [2.45, 2.75) is 12.5 Å². The Bertz CT molecular complexity index is 1140. The summed E-state index contributed by atoms with van der Waals surface area (Å²) >= 11 is 0. The van der Waals surface area contributed by atoms with Crippen LogP contribution in [0, 0.1) is 0 Å². The summed E-state index contributed by atoms with van der Waals surface area (Å²) < 4.78 is 0. The molecular weight excluding hydrogens is 392 g/mol. The summed E-state index contributed by atoms with van der Waals surface area (Å²) in [5, 5.41) is 2.58. The quantitative estimate of drug-likeness (QED) is 0.519. The Morgan fingerprint density at radius 1 is 0.719 bits per heavy atom. The maximum absolute atomic E-state index is 13.6. The van der Waals surface area contributed by atoms with Crippen LogP contribution < -0.4 is 4.90 Å². The Morgan fingerprint density at radius 3 is 1.91 bits per heavy atom. The lowest BCUT2D eigenvalue weighted by Crippen LogP contribution is -3.13. The number of quaternary nitrogens is 1. The minimum atomic E-state index is -0.237. The zero-order valence-electron chi connectivity index (χ0n) is 18.3. The fraction of sp³-hybridized carbons (Fsp3) is 0.207. The summed E-state index contributed by atoms with van der Waals surface area (Å²) in [5.74, 6) is -0.0217. The summed E-state index contributed by atoms with van der Waals surface area (Å²) in [5.41, 5.74) is 3.49. The summed E-state index contributed by atoms with van der Waals surface area (Å²) in [6.07, 6.45) is 0. The van der Waals surface area contributed by atoms with Crippen LogP contribution in [0.5, 0.6) is 0 Å². The van der Waals surface area contributed by atoms with Crippen LogP contribution in [-0.2, 0) is 11.3 Å². The maximum atomic E-state index is 13.6. The highest BCUT2D eigenvalue weighted by atomic mass is 16.2. The molecule has 1 N–H and O–H groups in total. The third-order valence-electron chi connectivity index (χ3n) is 6.56. The molecule has 4 aromatic carbocycles. The minimum absolute atomic E-state index is 0.215. The zero-order valence-corrected chi connectivity index (χ0v) is 18.3. The first-order valence-corrected chi connectivity index (χ1v) is 11.5. The Morgan fingerprint density at radius 2 is 1.28 bits per heavy atom. The molecule has 0 unspecified atom stereocenters. The van der Waals surface area contributed by atoms with Gasteiger partial charge < -0.3 is 9.80 Å². The molecule has 0 atom stereocenters. The minimum Gasteiger partial charge on any atom is -0.331 e. The Labute approximate surface area is 189 Å². The van der Waals surface area contributed by atoms with E-state index in [2.05, 4.69) is 71.6 Å². The number of benzene rings is 4. The van der Waals surface area contributed by atoms with Gasteiger partial charge in [-0.1, -0.05) is 97.1 Å². The molecule has 1 saturated heterocycles. The lowest BCUT2D eigenvalue weighted by atomic mass is 9.90. The molecule has 1 fully saturated rings. The first kappa shape index (κ1) is 20.5. The molecule has 1 aliphatic rings. The van der Waals surface area contributed by atoms with E-state index in [0.717, 1.165) is 43.9 Å². The fourth-order valence-electron chi connectivity index (χ4n) is 4.81. The van der Waals surface area contributed by atoms with Gasteiger partial charge in [-0.25, -0.2) is 0 Å². The van der Waals surface area contributed by atoms with Crippen LogP contribution in [0.4, 0.5) is 0 Å². The topological polar surface area (TPSA) is 24.8 Å². The van der Waals surface area contributed by atoms with Crippen molar-refractivity contribution in [3.63, 3.8) is 0 Å². The van der Waals surface area contributed by atoms with Gasteiger partial charge in [0, 0.05) is 5.56 Å². The smallest absolute Gasteiger partial charge is 0.234 e. The van der Waals surface area contributed by atoms with Gasteiger partial charge >= 0.3 is 0 Å². The monoisotopic (exact) mass is 421 g/mol. The molecule has 1 heterocycles. The van der Waals surface area contributed by atoms with Gasteiger partial charge in [-0.05, 0) is 28.0 Å². The van der Waals surface area contributed by atoms with Crippen molar-refractivity contribution < 1.29 is 9.69 Å². The van der Waals surface area contributed by atoms with Crippen LogP contribution in [0.1, 0.15) is 22.6 Å². The van der Waals surface area contributed by atoms with Gasteiger partial charge in [0.15, 0.2) is 0 Å². The summed E-state index contributed by atoms with van der Waals surface area (Å²) in [6.45, 7) is 4.58. The number of nitrogens with one attached hydrogen (secondary N) is 1. The second-order valence-electron chi connectivity index (χ2n) is 8.69. The average Bonchev–Trinajstić information content (AvgIpc) is 2.86. The zero-order chi connectivity index (χ0) is 21.8. The lowest BCUT2D eigenvalue weighted by Gasteiger charge is -2.34. The van der Waals surface area contributed by atoms with Crippen molar-refractivity contribution >= 4 is 16.7 Å². The Balaban J connectivity index is 1.27. The number of hydrogen-bond acceptors (Lipinski definition) is 1. The van der Waals surface area contributed by atoms with Crippen molar-refractivity contribution in [1.82, 2.24) is 4.90 Å². The predicted octanol–water partition coefficient (Wildman–Crippen LogP) is 3.90. The van der Waals surface area contributed by atoms with Gasteiger partial charge in [-0.2, -0.15) is 0 Å². The number of fused-ring (bicyclic) bond motifs is 1. The highest BCUT2D eigenvalue weighted by molar-refractivity contribution is 5.87. The van der Waals surface area contributed by atoms with Crippen LogP contribution in [0.25, 0.3) is 10.8 Å². The number of carbonyl (C=O) groups excluding carboxylic acids is 1. The molecule has 0 aliphatic carbocycles. The van der Waals surface area contributed by atoms with Crippen LogP contribution in [0.3, 0.4) is 0 Å². The lowest BCUT2D eigenvalue weighted by molar-refractivity contribution is -0.917. The van der Waals surface area contributed by atoms with E-state index in [9.17, 15) is 4.79 Å². The molecule has 3 heteroatoms. The first-order valence-electron chi connectivity index (χ1n) is 11.5. The van der Waals surface area contributed by atoms with Gasteiger partial charge in [0.05, 0.1) is 32.1 Å². The van der Waals surface area contributed by atoms with Crippen molar-refractivity contribution in [2.24, 2.45) is 0 Å². The summed E-state index contributed by atoms with van der Waals surface area (Å²) in [6, 6.07) is 35.6. The number of piperazine rings is 1. The number of rotatable bonds is 5. The number of nitrogens with zero attached hydrogens (tertiary/aromatic N) is 1. The molecule has 0 radical (unpaired) electrons. The molecule has 0 bridgehead atoms. The molecule has 0 saturated carbocycles. The van der Waals surface area contributed by atoms with E-state index in [1.807, 2.05) is 36.4 Å². The Kier molecular flexibility index (Phi) is 6.00. The van der Waals surface area contributed by atoms with Crippen LogP contribution >= 0.6 is 0 Å². The summed E-state index contributed by atoms with van der Waals surface area (Å²) in [4.78, 5) is 17.2. The molecule has 0 aromatic heterocycles. The van der Waals surface area contributed by atoms with Crippen molar-refractivity contribution in [3.8, 4) is 0 Å². The van der Waals surface area contributed by atoms with E-state index in [0.29, 0.717) is 0 Å². The van der Waals surface area contributed by atoms with E-state index in [-0.39, 0.29) is 11.8 Å². The SMILES string of the molecule is O=C(C(c1ccccc1)c1ccccc1)N1CC[NH+](Cc2ccc3ccccc3c2)CC1. The van der Waals surface area contributed by atoms with Crippen LogP contribution in [0.2, 0.25) is 0 Å². The first-order chi connectivity index (χ1) is 15.8. The van der Waals surface area contributed by atoms with Gasteiger partial charge in [0.1, 0.15) is 6.54 Å². The highest BCUT2D eigenvalue weighted by Crippen LogP contribution is 2.27. The maximum Gasteiger partial charge on any atom is 0.234 e. The highest BCUT2D eigenvalue weighted by Gasteiger charge is 2.31. The number of hydrogen-bond donors (Lipinski definition) is 1. The number of amides is 1. The molecule has 1 amide bonds. The Hall–Kier alpha value is -3.43. The van der Waals surface area contributed by atoms with E-state index < -0.39 is 0 Å². The van der Waals surface area contributed by atoms with Gasteiger partial charge in [-0.3, -0.25) is 4.79 Å². The standard InChI is InChI=1S/C29H28N2O/c32-29(28(25-10-3-1-4-11-25)26-12-5-2-6-13-26)31-19-17-30(18-20-31)22-23-15-16-24-9-7-8-14-27(24)21-23/h1-16,21,28H,17-20,22H2/p+1. The average molecular weight is 422 g/mol. The normalized spacial score (nSPS) is 14.7. The number of carbonyl (C=O) groups is 1. The molecular formula is C29H29N2O+. The van der Waals surface area contributed by atoms with Crippen molar-refractivity contribution in [3.05, 3.63) is 120 Å².